The number of para-hydroxylation sites is 2. The minimum Gasteiger partial charge on any atom is -0.481 e. The number of aliphatic hydroxyl groups is 1. The van der Waals surface area contributed by atoms with Gasteiger partial charge in [-0.05, 0) is 30.9 Å². The van der Waals surface area contributed by atoms with Gasteiger partial charge in [-0.15, -0.1) is 0 Å². The second-order valence-corrected chi connectivity index (χ2v) is 7.32. The van der Waals surface area contributed by atoms with Crippen LogP contribution in [0.3, 0.4) is 0 Å². The van der Waals surface area contributed by atoms with Crippen molar-refractivity contribution in [3.8, 4) is 0 Å². The first-order chi connectivity index (χ1) is 11.6. The Morgan fingerprint density at radius 3 is 2.83 bits per heavy atom. The summed E-state index contributed by atoms with van der Waals surface area (Å²) >= 11 is 0. The van der Waals surface area contributed by atoms with E-state index in [9.17, 15) is 15.0 Å². The van der Waals surface area contributed by atoms with E-state index in [0.717, 1.165) is 29.7 Å². The molecule has 4 rings (SSSR count). The summed E-state index contributed by atoms with van der Waals surface area (Å²) in [6, 6.07) is 7.87. The van der Waals surface area contributed by atoms with Gasteiger partial charge >= 0.3 is 5.97 Å². The highest BCUT2D eigenvalue weighted by Gasteiger charge is 2.51. The Morgan fingerprint density at radius 1 is 1.33 bits per heavy atom. The van der Waals surface area contributed by atoms with Gasteiger partial charge in [0.1, 0.15) is 11.2 Å². The van der Waals surface area contributed by atoms with E-state index in [-0.39, 0.29) is 0 Å². The number of aromatic amines is 1. The summed E-state index contributed by atoms with van der Waals surface area (Å²) < 4.78 is 0. The molecule has 1 aliphatic heterocycles. The minimum atomic E-state index is -1.04. The molecular formula is C18H23N3O3. The van der Waals surface area contributed by atoms with Crippen LogP contribution in [0.5, 0.6) is 0 Å². The van der Waals surface area contributed by atoms with E-state index >= 15 is 0 Å². The Hall–Kier alpha value is -1.92. The second kappa shape index (κ2) is 5.86. The summed E-state index contributed by atoms with van der Waals surface area (Å²) in [5.74, 6) is 0.441. The molecule has 24 heavy (non-hydrogen) atoms. The molecule has 128 valence electrons. The summed E-state index contributed by atoms with van der Waals surface area (Å²) in [6.07, 6.45) is 2.50. The molecule has 0 radical (unpaired) electrons. The van der Waals surface area contributed by atoms with E-state index in [1.54, 1.807) is 0 Å². The summed E-state index contributed by atoms with van der Waals surface area (Å²) in [5, 5.41) is 20.3. The number of aromatic nitrogens is 2. The first-order valence-corrected chi connectivity index (χ1v) is 8.64. The van der Waals surface area contributed by atoms with Crippen molar-refractivity contribution >= 4 is 17.0 Å². The number of H-pyrrole nitrogens is 1. The quantitative estimate of drug-likeness (QED) is 0.781. The lowest BCUT2D eigenvalue weighted by atomic mass is 9.73. The average Bonchev–Trinajstić information content (AvgIpc) is 3.27. The molecule has 2 heterocycles. The molecule has 3 N–H and O–H groups in total. The smallest absolute Gasteiger partial charge is 0.313 e. The van der Waals surface area contributed by atoms with Crippen LogP contribution in [-0.4, -0.2) is 50.2 Å². The number of benzene rings is 1. The van der Waals surface area contributed by atoms with E-state index in [0.29, 0.717) is 38.4 Å². The van der Waals surface area contributed by atoms with Crippen LogP contribution in [0, 0.1) is 11.3 Å². The van der Waals surface area contributed by atoms with Crippen LogP contribution in [0.1, 0.15) is 31.5 Å². The number of fused-ring (bicyclic) bond motifs is 1. The number of carboxylic acid groups (broad SMARTS) is 1. The fourth-order valence-corrected chi connectivity index (χ4v) is 3.93. The first-order valence-electron chi connectivity index (χ1n) is 8.64. The van der Waals surface area contributed by atoms with E-state index in [2.05, 4.69) is 14.9 Å². The van der Waals surface area contributed by atoms with Gasteiger partial charge in [-0.3, -0.25) is 9.69 Å². The van der Waals surface area contributed by atoms with Crippen molar-refractivity contribution in [1.29, 1.82) is 0 Å². The van der Waals surface area contributed by atoms with Crippen molar-refractivity contribution in [3.05, 3.63) is 30.1 Å². The molecule has 1 saturated heterocycles. The lowest BCUT2D eigenvalue weighted by Crippen LogP contribution is -2.56. The highest BCUT2D eigenvalue weighted by Crippen LogP contribution is 2.45. The third-order valence-corrected chi connectivity index (χ3v) is 5.45. The van der Waals surface area contributed by atoms with E-state index < -0.39 is 17.5 Å². The zero-order chi connectivity index (χ0) is 16.7. The van der Waals surface area contributed by atoms with Crippen LogP contribution in [0.25, 0.3) is 11.0 Å². The zero-order valence-electron chi connectivity index (χ0n) is 13.6. The molecule has 1 saturated carbocycles. The van der Waals surface area contributed by atoms with Gasteiger partial charge in [-0.25, -0.2) is 4.98 Å². The lowest BCUT2D eigenvalue weighted by Gasteiger charge is -2.43. The minimum absolute atomic E-state index is 0.386. The summed E-state index contributed by atoms with van der Waals surface area (Å²) in [6.45, 7) is 1.66. The molecule has 1 aromatic carbocycles. The number of nitrogens with zero attached hydrogens (tertiary/aromatic N) is 2. The fourth-order valence-electron chi connectivity index (χ4n) is 3.93. The molecule has 2 aromatic rings. The van der Waals surface area contributed by atoms with Crippen LogP contribution in [0.15, 0.2) is 24.3 Å². The van der Waals surface area contributed by atoms with Crippen molar-refractivity contribution in [2.45, 2.75) is 38.3 Å². The monoisotopic (exact) mass is 329 g/mol. The molecule has 0 bridgehead atoms. The van der Waals surface area contributed by atoms with Gasteiger partial charge < -0.3 is 15.2 Å². The van der Waals surface area contributed by atoms with E-state index in [4.69, 9.17) is 0 Å². The Balaban J connectivity index is 1.53. The maximum atomic E-state index is 12.0. The molecule has 1 aliphatic carbocycles. The van der Waals surface area contributed by atoms with Gasteiger partial charge in [0.05, 0.1) is 23.7 Å². The molecule has 0 unspecified atom stereocenters. The predicted octanol–water partition coefficient (Wildman–Crippen LogP) is 2.00. The van der Waals surface area contributed by atoms with Crippen LogP contribution >= 0.6 is 0 Å². The number of imidazole rings is 1. The molecule has 6 heteroatoms. The largest absolute Gasteiger partial charge is 0.481 e. The number of aliphatic carboxylic acids is 1. The van der Waals surface area contributed by atoms with Gasteiger partial charge in [0.25, 0.3) is 0 Å². The van der Waals surface area contributed by atoms with Gasteiger partial charge in [-0.2, -0.15) is 0 Å². The molecule has 2 atom stereocenters. The maximum Gasteiger partial charge on any atom is 0.313 e. The first kappa shape index (κ1) is 15.6. The highest BCUT2D eigenvalue weighted by molar-refractivity contribution is 5.76. The molecule has 2 aliphatic rings. The predicted molar refractivity (Wildman–Crippen MR) is 89.4 cm³/mol. The van der Waals surface area contributed by atoms with Crippen molar-refractivity contribution in [2.24, 2.45) is 11.3 Å². The lowest BCUT2D eigenvalue weighted by molar-refractivity contribution is -0.165. The number of hydrogen-bond donors (Lipinski definition) is 3. The van der Waals surface area contributed by atoms with Crippen LogP contribution in [0.2, 0.25) is 0 Å². The van der Waals surface area contributed by atoms with Crippen molar-refractivity contribution in [3.63, 3.8) is 0 Å². The number of piperidine rings is 1. The molecule has 2 fully saturated rings. The molecule has 0 spiro atoms. The number of likely N-dealkylation sites (tertiary alicyclic amines) is 1. The second-order valence-electron chi connectivity index (χ2n) is 7.32. The van der Waals surface area contributed by atoms with Gasteiger partial charge in [0.2, 0.25) is 0 Å². The van der Waals surface area contributed by atoms with Crippen LogP contribution < -0.4 is 0 Å². The number of rotatable bonds is 5. The topological polar surface area (TPSA) is 89.5 Å². The standard InChI is InChI=1S/C18H23N3O3/c22-15-7-8-21(11-18(15,17(23)24)9-12-5-6-12)10-16-19-13-3-1-2-4-14(13)20-16/h1-4,12,15,22H,5-11H2,(H,19,20)(H,23,24)/t15-,18+/m0/s1. The van der Waals surface area contributed by atoms with Gasteiger partial charge in [0.15, 0.2) is 0 Å². The number of carbonyl (C=O) groups is 1. The summed E-state index contributed by atoms with van der Waals surface area (Å²) in [7, 11) is 0. The summed E-state index contributed by atoms with van der Waals surface area (Å²) in [4.78, 5) is 22.0. The molecule has 1 aromatic heterocycles. The third-order valence-electron chi connectivity index (χ3n) is 5.45. The Labute approximate surface area is 140 Å². The van der Waals surface area contributed by atoms with E-state index in [1.807, 2.05) is 24.3 Å². The Morgan fingerprint density at radius 2 is 2.12 bits per heavy atom. The highest BCUT2D eigenvalue weighted by atomic mass is 16.4. The normalized spacial score (nSPS) is 28.3. The zero-order valence-corrected chi connectivity index (χ0v) is 13.6. The van der Waals surface area contributed by atoms with E-state index in [1.165, 1.54) is 0 Å². The molecule has 0 amide bonds. The number of hydrogen-bond acceptors (Lipinski definition) is 4. The maximum absolute atomic E-state index is 12.0. The Kier molecular flexibility index (Phi) is 3.81. The Bertz CT molecular complexity index is 722. The number of carboxylic acids is 1. The number of aliphatic hydroxyl groups excluding tert-OH is 1. The SMILES string of the molecule is O=C(O)[C@]1(CC2CC2)CN(Cc2nc3ccccc3[nH]2)CC[C@@H]1O. The van der Waals surface area contributed by atoms with Gasteiger partial charge in [0, 0.05) is 13.1 Å². The van der Waals surface area contributed by atoms with Crippen LogP contribution in [0.4, 0.5) is 0 Å². The molecular weight excluding hydrogens is 306 g/mol. The average molecular weight is 329 g/mol. The van der Waals surface area contributed by atoms with Crippen molar-refractivity contribution < 1.29 is 15.0 Å². The van der Waals surface area contributed by atoms with Gasteiger partial charge in [-0.1, -0.05) is 25.0 Å². The van der Waals surface area contributed by atoms with Crippen LogP contribution in [-0.2, 0) is 11.3 Å². The summed E-state index contributed by atoms with van der Waals surface area (Å²) in [5.41, 5.74) is 0.880. The third kappa shape index (κ3) is 2.80. The van der Waals surface area contributed by atoms with Crippen molar-refractivity contribution in [1.82, 2.24) is 14.9 Å². The van der Waals surface area contributed by atoms with Crippen molar-refractivity contribution in [2.75, 3.05) is 13.1 Å². The fraction of sp³-hybridized carbons (Fsp3) is 0.556. The number of nitrogens with one attached hydrogen (secondary N) is 1. The molecule has 6 nitrogen and oxygen atoms in total.